The average Bonchev–Trinajstić information content (AvgIpc) is 2.56. The molecule has 5 aliphatic carbocycles. The van der Waals surface area contributed by atoms with Crippen molar-refractivity contribution in [2.75, 3.05) is 6.61 Å². The van der Waals surface area contributed by atoms with Crippen molar-refractivity contribution in [1.29, 1.82) is 0 Å². The average molecular weight is 214 g/mol. The molecular weight excluding hydrogens is 200 g/mol. The van der Waals surface area contributed by atoms with Crippen LogP contribution in [0, 0.1) is 22.2 Å². The summed E-state index contributed by atoms with van der Waals surface area (Å²) in [5.41, 5.74) is 1.88. The zero-order chi connectivity index (χ0) is 10.6. The Morgan fingerprint density at radius 1 is 1.38 bits per heavy atom. The first kappa shape index (κ1) is 8.10. The predicted molar refractivity (Wildman–Crippen MR) is 57.4 cm³/mol. The van der Waals surface area contributed by atoms with Crippen LogP contribution in [0.25, 0.3) is 0 Å². The van der Waals surface area contributed by atoms with Gasteiger partial charge in [0, 0.05) is 11.0 Å². The molecule has 2 nitrogen and oxygen atoms in total. The van der Waals surface area contributed by atoms with E-state index in [1.54, 1.807) is 0 Å². The van der Waals surface area contributed by atoms with E-state index >= 15 is 0 Å². The molecule has 1 heterocycles. The lowest BCUT2D eigenvalue weighted by Crippen LogP contribution is -2.27. The molecule has 3 fully saturated rings. The van der Waals surface area contributed by atoms with Gasteiger partial charge in [0.05, 0.1) is 5.41 Å². The molecule has 0 aromatic carbocycles. The molecule has 3 spiro atoms. The number of carbonyl (C=O) groups excluding carboxylic acids is 1. The molecule has 1 saturated heterocycles. The number of rotatable bonds is 0. The minimum Gasteiger partial charge on any atom is -0.461 e. The van der Waals surface area contributed by atoms with Gasteiger partial charge in [-0.05, 0) is 37.0 Å². The molecule has 0 radical (unpaired) electrons. The normalized spacial score (nSPS) is 58.9. The van der Waals surface area contributed by atoms with Crippen LogP contribution in [0.4, 0.5) is 0 Å². The van der Waals surface area contributed by atoms with Gasteiger partial charge in [0.25, 0.3) is 0 Å². The Morgan fingerprint density at radius 2 is 2.31 bits per heavy atom. The van der Waals surface area contributed by atoms with E-state index in [4.69, 9.17) is 4.74 Å². The van der Waals surface area contributed by atoms with Crippen LogP contribution in [0.5, 0.6) is 0 Å². The molecule has 2 heteroatoms. The maximum absolute atomic E-state index is 11.8. The summed E-state index contributed by atoms with van der Waals surface area (Å²) in [6.07, 6.45) is 12.0. The second kappa shape index (κ2) is 1.92. The molecule has 6 rings (SSSR count). The van der Waals surface area contributed by atoms with E-state index in [0.29, 0.717) is 23.4 Å². The van der Waals surface area contributed by atoms with Gasteiger partial charge in [-0.25, -0.2) is 4.79 Å². The second-order valence-corrected chi connectivity index (χ2v) is 6.22. The third-order valence-electron chi connectivity index (χ3n) is 6.21. The van der Waals surface area contributed by atoms with Gasteiger partial charge in [0.15, 0.2) is 0 Å². The van der Waals surface area contributed by atoms with Crippen molar-refractivity contribution < 1.29 is 9.53 Å². The van der Waals surface area contributed by atoms with Crippen molar-refractivity contribution >= 4 is 5.97 Å². The number of allylic oxidation sites excluding steroid dienone is 3. The fourth-order valence-electron chi connectivity index (χ4n) is 5.89. The van der Waals surface area contributed by atoms with Gasteiger partial charge >= 0.3 is 5.97 Å². The summed E-state index contributed by atoms with van der Waals surface area (Å²) >= 11 is 0. The summed E-state index contributed by atoms with van der Waals surface area (Å²) < 4.78 is 5.38. The van der Waals surface area contributed by atoms with Crippen molar-refractivity contribution in [2.45, 2.75) is 25.7 Å². The summed E-state index contributed by atoms with van der Waals surface area (Å²) in [5.74, 6) is 0.622. The van der Waals surface area contributed by atoms with E-state index in [2.05, 4.69) is 18.2 Å². The van der Waals surface area contributed by atoms with Crippen LogP contribution in [-0.2, 0) is 9.53 Å². The SMILES string of the molecule is O=C1OC[C@@]23C1=C[C@H]1C[C@@]24C=CCC[C@]43C1. The zero-order valence-corrected chi connectivity index (χ0v) is 9.16. The molecular formula is C14H14O2. The number of carbonyl (C=O) groups is 1. The maximum atomic E-state index is 11.8. The molecule has 1 aliphatic heterocycles. The van der Waals surface area contributed by atoms with Gasteiger partial charge < -0.3 is 4.74 Å². The van der Waals surface area contributed by atoms with Crippen molar-refractivity contribution in [1.82, 2.24) is 0 Å². The highest BCUT2D eigenvalue weighted by molar-refractivity contribution is 5.96. The van der Waals surface area contributed by atoms with E-state index in [9.17, 15) is 4.79 Å². The highest BCUT2D eigenvalue weighted by Crippen LogP contribution is 2.94. The van der Waals surface area contributed by atoms with E-state index in [1.165, 1.54) is 25.7 Å². The second-order valence-electron chi connectivity index (χ2n) is 6.22. The predicted octanol–water partition coefficient (Wildman–Crippen LogP) is 2.22. The highest BCUT2D eigenvalue weighted by atomic mass is 16.5. The quantitative estimate of drug-likeness (QED) is 0.456. The number of cyclic esters (lactones) is 1. The number of hydrogen-bond donors (Lipinski definition) is 0. The van der Waals surface area contributed by atoms with Gasteiger partial charge in [-0.2, -0.15) is 0 Å². The smallest absolute Gasteiger partial charge is 0.334 e. The van der Waals surface area contributed by atoms with Gasteiger partial charge in [0.2, 0.25) is 0 Å². The Kier molecular flexibility index (Phi) is 0.970. The first-order valence-corrected chi connectivity index (χ1v) is 6.33. The van der Waals surface area contributed by atoms with Gasteiger partial charge in [-0.1, -0.05) is 18.2 Å². The van der Waals surface area contributed by atoms with Crippen LogP contribution in [0.15, 0.2) is 23.8 Å². The molecule has 0 N–H and O–H groups in total. The van der Waals surface area contributed by atoms with E-state index in [0.717, 1.165) is 5.57 Å². The van der Waals surface area contributed by atoms with Crippen LogP contribution < -0.4 is 0 Å². The fourth-order valence-corrected chi connectivity index (χ4v) is 5.89. The maximum Gasteiger partial charge on any atom is 0.334 e. The molecule has 2 saturated carbocycles. The summed E-state index contributed by atoms with van der Waals surface area (Å²) in [4.78, 5) is 11.8. The van der Waals surface area contributed by atoms with Crippen molar-refractivity contribution in [3.63, 3.8) is 0 Å². The molecule has 6 aliphatic rings. The largest absolute Gasteiger partial charge is 0.461 e. The minimum atomic E-state index is -0.0223. The minimum absolute atomic E-state index is 0.0223. The van der Waals surface area contributed by atoms with Crippen molar-refractivity contribution in [2.24, 2.45) is 22.2 Å². The van der Waals surface area contributed by atoms with Crippen LogP contribution in [0.3, 0.4) is 0 Å². The Bertz CT molecular complexity index is 503. The standard InChI is InChI=1S/C14H14O2/c15-11-10-5-9-6-12-3-1-2-4-13(12,7-9)14(10,12)8-16-11/h1,3,5,9H,2,4,6-8H2/t9-,12+,13-,14+/m0/s1. The summed E-state index contributed by atoms with van der Waals surface area (Å²) in [6, 6.07) is 0. The zero-order valence-electron chi connectivity index (χ0n) is 9.16. The highest BCUT2D eigenvalue weighted by Gasteiger charge is 2.92. The van der Waals surface area contributed by atoms with Crippen LogP contribution in [0.1, 0.15) is 25.7 Å². The van der Waals surface area contributed by atoms with Gasteiger partial charge in [0.1, 0.15) is 6.61 Å². The molecule has 0 unspecified atom stereocenters. The third kappa shape index (κ3) is 0.467. The summed E-state index contributed by atoms with van der Waals surface area (Å²) in [5, 5.41) is 0. The molecule has 4 atom stereocenters. The van der Waals surface area contributed by atoms with Crippen LogP contribution in [-0.4, -0.2) is 12.6 Å². The Balaban J connectivity index is 1.86. The number of esters is 1. The van der Waals surface area contributed by atoms with Crippen LogP contribution >= 0.6 is 0 Å². The molecule has 16 heavy (non-hydrogen) atoms. The lowest BCUT2D eigenvalue weighted by Gasteiger charge is -2.29. The molecule has 0 aromatic rings. The van der Waals surface area contributed by atoms with Crippen molar-refractivity contribution in [3.05, 3.63) is 23.8 Å². The number of hydrogen-bond acceptors (Lipinski definition) is 2. The number of ether oxygens (including phenoxy) is 1. The fraction of sp³-hybridized carbons (Fsp3) is 0.643. The van der Waals surface area contributed by atoms with Crippen molar-refractivity contribution in [3.8, 4) is 0 Å². The molecule has 82 valence electrons. The van der Waals surface area contributed by atoms with E-state index in [-0.39, 0.29) is 11.4 Å². The monoisotopic (exact) mass is 214 g/mol. The molecule has 4 bridgehead atoms. The summed E-state index contributed by atoms with van der Waals surface area (Å²) in [7, 11) is 0. The molecule has 0 aromatic heterocycles. The molecule has 0 amide bonds. The first-order valence-electron chi connectivity index (χ1n) is 6.33. The van der Waals surface area contributed by atoms with Gasteiger partial charge in [-0.3, -0.25) is 0 Å². The van der Waals surface area contributed by atoms with Crippen LogP contribution in [0.2, 0.25) is 0 Å². The Morgan fingerprint density at radius 3 is 3.19 bits per heavy atom. The lowest BCUT2D eigenvalue weighted by atomic mass is 9.72. The first-order chi connectivity index (χ1) is 7.76. The van der Waals surface area contributed by atoms with Gasteiger partial charge in [-0.15, -0.1) is 0 Å². The Labute approximate surface area is 94.4 Å². The third-order valence-corrected chi connectivity index (χ3v) is 6.21. The van der Waals surface area contributed by atoms with E-state index < -0.39 is 0 Å². The summed E-state index contributed by atoms with van der Waals surface area (Å²) in [6.45, 7) is 0.661. The van der Waals surface area contributed by atoms with E-state index in [1.807, 2.05) is 0 Å². The lowest BCUT2D eigenvalue weighted by molar-refractivity contribution is -0.135. The Hall–Kier alpha value is -1.05. The topological polar surface area (TPSA) is 26.3 Å².